The molecule has 1 aromatic carbocycles. The summed E-state index contributed by atoms with van der Waals surface area (Å²) in [6.07, 6.45) is 4.95. The maximum Gasteiger partial charge on any atom is 0.0534 e. The van der Waals surface area contributed by atoms with Crippen LogP contribution in [-0.4, -0.2) is 10.2 Å². The Morgan fingerprint density at radius 2 is 1.79 bits per heavy atom. The molecule has 0 aliphatic carbocycles. The predicted molar refractivity (Wildman–Crippen MR) is 78.8 cm³/mol. The largest absolute Gasteiger partial charge is 0.306 e. The Balaban J connectivity index is 1.86. The van der Waals surface area contributed by atoms with E-state index in [1.54, 1.807) is 0 Å². The average molecular weight is 257 g/mol. The van der Waals surface area contributed by atoms with Crippen molar-refractivity contribution in [1.82, 2.24) is 15.5 Å². The SMILES string of the molecule is CC(C)Cc1ccc(CNC(C)c2cn[nH]c2)cc1. The molecule has 1 unspecified atom stereocenters. The zero-order chi connectivity index (χ0) is 13.7. The molecule has 102 valence electrons. The van der Waals surface area contributed by atoms with E-state index >= 15 is 0 Å². The third-order valence-corrected chi connectivity index (χ3v) is 3.30. The van der Waals surface area contributed by atoms with Crippen molar-refractivity contribution in [2.45, 2.75) is 39.8 Å². The van der Waals surface area contributed by atoms with E-state index in [1.807, 2.05) is 12.4 Å². The Morgan fingerprint density at radius 1 is 1.11 bits per heavy atom. The van der Waals surface area contributed by atoms with Crippen molar-refractivity contribution in [2.24, 2.45) is 5.92 Å². The summed E-state index contributed by atoms with van der Waals surface area (Å²) < 4.78 is 0. The lowest BCUT2D eigenvalue weighted by Gasteiger charge is -2.12. The molecular formula is C16H23N3. The molecule has 0 aliphatic heterocycles. The van der Waals surface area contributed by atoms with Crippen LogP contribution in [0, 0.1) is 5.92 Å². The van der Waals surface area contributed by atoms with Crippen LogP contribution in [0.25, 0.3) is 0 Å². The molecule has 1 heterocycles. The Hall–Kier alpha value is -1.61. The highest BCUT2D eigenvalue weighted by atomic mass is 15.1. The van der Waals surface area contributed by atoms with E-state index in [2.05, 4.69) is 60.6 Å². The summed E-state index contributed by atoms with van der Waals surface area (Å²) in [5, 5.41) is 10.3. The fourth-order valence-corrected chi connectivity index (χ4v) is 2.15. The number of rotatable bonds is 6. The van der Waals surface area contributed by atoms with Gasteiger partial charge in [0.1, 0.15) is 0 Å². The van der Waals surface area contributed by atoms with E-state index in [-0.39, 0.29) is 0 Å². The van der Waals surface area contributed by atoms with Gasteiger partial charge in [0, 0.05) is 24.3 Å². The molecule has 3 nitrogen and oxygen atoms in total. The highest BCUT2D eigenvalue weighted by Gasteiger charge is 2.05. The third kappa shape index (κ3) is 4.21. The summed E-state index contributed by atoms with van der Waals surface area (Å²) in [5.74, 6) is 0.713. The van der Waals surface area contributed by atoms with Gasteiger partial charge in [0.05, 0.1) is 6.20 Å². The van der Waals surface area contributed by atoms with Crippen LogP contribution in [0.1, 0.15) is 43.5 Å². The predicted octanol–water partition coefficient (Wildman–Crippen LogP) is 3.46. The van der Waals surface area contributed by atoms with Crippen molar-refractivity contribution in [3.8, 4) is 0 Å². The van der Waals surface area contributed by atoms with Gasteiger partial charge in [-0.2, -0.15) is 5.10 Å². The second-order valence-electron chi connectivity index (χ2n) is 5.55. The summed E-state index contributed by atoms with van der Waals surface area (Å²) in [7, 11) is 0. The van der Waals surface area contributed by atoms with Gasteiger partial charge in [-0.15, -0.1) is 0 Å². The average Bonchev–Trinajstić information content (AvgIpc) is 2.91. The van der Waals surface area contributed by atoms with Crippen molar-refractivity contribution >= 4 is 0 Å². The van der Waals surface area contributed by atoms with Crippen LogP contribution < -0.4 is 5.32 Å². The Bertz CT molecular complexity index is 471. The highest BCUT2D eigenvalue weighted by Crippen LogP contribution is 2.12. The molecule has 0 aliphatic rings. The van der Waals surface area contributed by atoms with E-state index in [0.29, 0.717) is 12.0 Å². The summed E-state index contributed by atoms with van der Waals surface area (Å²) >= 11 is 0. The molecule has 0 radical (unpaired) electrons. The number of hydrogen-bond donors (Lipinski definition) is 2. The van der Waals surface area contributed by atoms with Crippen LogP contribution in [-0.2, 0) is 13.0 Å². The first-order valence-electron chi connectivity index (χ1n) is 6.95. The zero-order valence-electron chi connectivity index (χ0n) is 12.0. The van der Waals surface area contributed by atoms with Crippen molar-refractivity contribution in [3.05, 3.63) is 53.3 Å². The van der Waals surface area contributed by atoms with E-state index in [9.17, 15) is 0 Å². The molecule has 19 heavy (non-hydrogen) atoms. The molecule has 2 N–H and O–H groups in total. The second kappa shape index (κ2) is 6.53. The summed E-state index contributed by atoms with van der Waals surface area (Å²) in [6.45, 7) is 7.54. The van der Waals surface area contributed by atoms with Crippen molar-refractivity contribution in [3.63, 3.8) is 0 Å². The lowest BCUT2D eigenvalue weighted by molar-refractivity contribution is 0.574. The normalized spacial score (nSPS) is 12.8. The van der Waals surface area contributed by atoms with Gasteiger partial charge in [-0.3, -0.25) is 5.10 Å². The van der Waals surface area contributed by atoms with Gasteiger partial charge in [-0.25, -0.2) is 0 Å². The smallest absolute Gasteiger partial charge is 0.0534 e. The van der Waals surface area contributed by atoms with E-state index < -0.39 is 0 Å². The summed E-state index contributed by atoms with van der Waals surface area (Å²) in [4.78, 5) is 0. The van der Waals surface area contributed by atoms with Gasteiger partial charge in [0.15, 0.2) is 0 Å². The van der Waals surface area contributed by atoms with Crippen molar-refractivity contribution in [1.29, 1.82) is 0 Å². The van der Waals surface area contributed by atoms with Crippen LogP contribution in [0.4, 0.5) is 0 Å². The quantitative estimate of drug-likeness (QED) is 0.832. The molecule has 2 rings (SSSR count). The van der Waals surface area contributed by atoms with Gasteiger partial charge >= 0.3 is 0 Å². The van der Waals surface area contributed by atoms with Crippen LogP contribution in [0.5, 0.6) is 0 Å². The molecule has 0 fully saturated rings. The first-order valence-corrected chi connectivity index (χ1v) is 6.95. The molecule has 0 saturated carbocycles. The number of aromatic amines is 1. The Kier molecular flexibility index (Phi) is 4.74. The van der Waals surface area contributed by atoms with Crippen LogP contribution >= 0.6 is 0 Å². The Morgan fingerprint density at radius 3 is 2.37 bits per heavy atom. The monoisotopic (exact) mass is 257 g/mol. The third-order valence-electron chi connectivity index (χ3n) is 3.30. The first-order chi connectivity index (χ1) is 9.15. The molecule has 1 aromatic heterocycles. The number of benzene rings is 1. The van der Waals surface area contributed by atoms with E-state index in [4.69, 9.17) is 0 Å². The fourth-order valence-electron chi connectivity index (χ4n) is 2.15. The number of nitrogens with zero attached hydrogens (tertiary/aromatic N) is 1. The van der Waals surface area contributed by atoms with Crippen LogP contribution in [0.3, 0.4) is 0 Å². The lowest BCUT2D eigenvalue weighted by Crippen LogP contribution is -2.17. The number of nitrogens with one attached hydrogen (secondary N) is 2. The number of hydrogen-bond acceptors (Lipinski definition) is 2. The molecule has 0 saturated heterocycles. The van der Waals surface area contributed by atoms with Crippen molar-refractivity contribution in [2.75, 3.05) is 0 Å². The van der Waals surface area contributed by atoms with E-state index in [1.165, 1.54) is 16.7 Å². The van der Waals surface area contributed by atoms with Gasteiger partial charge in [0.25, 0.3) is 0 Å². The highest BCUT2D eigenvalue weighted by molar-refractivity contribution is 5.23. The standard InChI is InChI=1S/C16H23N3/c1-12(2)8-14-4-6-15(7-5-14)9-17-13(3)16-10-18-19-11-16/h4-7,10-13,17H,8-9H2,1-3H3,(H,18,19). The summed E-state index contributed by atoms with van der Waals surface area (Å²) in [5.41, 5.74) is 3.93. The van der Waals surface area contributed by atoms with Crippen LogP contribution in [0.2, 0.25) is 0 Å². The minimum Gasteiger partial charge on any atom is -0.306 e. The molecule has 0 bridgehead atoms. The summed E-state index contributed by atoms with van der Waals surface area (Å²) in [6, 6.07) is 9.22. The van der Waals surface area contributed by atoms with E-state index in [0.717, 1.165) is 13.0 Å². The molecule has 3 heteroatoms. The van der Waals surface area contributed by atoms with Gasteiger partial charge in [0.2, 0.25) is 0 Å². The van der Waals surface area contributed by atoms with Gasteiger partial charge in [-0.05, 0) is 30.4 Å². The Labute approximate surface area is 115 Å². The van der Waals surface area contributed by atoms with Crippen molar-refractivity contribution < 1.29 is 0 Å². The number of aromatic nitrogens is 2. The maximum atomic E-state index is 3.97. The minimum absolute atomic E-state index is 0.314. The maximum absolute atomic E-state index is 3.97. The minimum atomic E-state index is 0.314. The molecule has 1 atom stereocenters. The molecular weight excluding hydrogens is 234 g/mol. The topological polar surface area (TPSA) is 40.7 Å². The zero-order valence-corrected chi connectivity index (χ0v) is 12.0. The fraction of sp³-hybridized carbons (Fsp3) is 0.438. The van der Waals surface area contributed by atoms with Gasteiger partial charge in [-0.1, -0.05) is 38.1 Å². The second-order valence-corrected chi connectivity index (χ2v) is 5.55. The number of H-pyrrole nitrogens is 1. The first kappa shape index (κ1) is 13.8. The molecule has 0 spiro atoms. The van der Waals surface area contributed by atoms with Gasteiger partial charge < -0.3 is 5.32 Å². The molecule has 2 aromatic rings. The van der Waals surface area contributed by atoms with Crippen LogP contribution in [0.15, 0.2) is 36.7 Å². The molecule has 0 amide bonds. The lowest BCUT2D eigenvalue weighted by atomic mass is 10.0.